The molecule has 3 saturated heterocycles. The summed E-state index contributed by atoms with van der Waals surface area (Å²) < 4.78 is 0. The zero-order valence-electron chi connectivity index (χ0n) is 17.8. The molecule has 1 spiro atoms. The van der Waals surface area contributed by atoms with E-state index in [1.807, 2.05) is 35.2 Å². The maximum absolute atomic E-state index is 13.3. The van der Waals surface area contributed by atoms with Crippen LogP contribution in [0, 0.1) is 0 Å². The van der Waals surface area contributed by atoms with Gasteiger partial charge in [0, 0.05) is 32.6 Å². The van der Waals surface area contributed by atoms with Crippen molar-refractivity contribution in [2.75, 3.05) is 32.7 Å². The molecular weight excluding hydrogens is 380 g/mol. The van der Waals surface area contributed by atoms with Crippen molar-refractivity contribution >= 4 is 17.8 Å². The molecule has 7 nitrogen and oxygen atoms in total. The van der Waals surface area contributed by atoms with Gasteiger partial charge in [-0.15, -0.1) is 0 Å². The van der Waals surface area contributed by atoms with Crippen LogP contribution in [0.2, 0.25) is 0 Å². The second kappa shape index (κ2) is 8.76. The van der Waals surface area contributed by atoms with Gasteiger partial charge in [0.1, 0.15) is 5.54 Å². The number of urea groups is 1. The molecule has 1 N–H and O–H groups in total. The summed E-state index contributed by atoms with van der Waals surface area (Å²) in [5, 5.41) is 3.01. The van der Waals surface area contributed by atoms with E-state index in [1.54, 1.807) is 0 Å². The number of carbonyl (C=O) groups excluding carboxylic acids is 3. The van der Waals surface area contributed by atoms with Gasteiger partial charge in [-0.05, 0) is 44.2 Å². The smallest absolute Gasteiger partial charge is 0.325 e. The lowest BCUT2D eigenvalue weighted by atomic mass is 9.87. The van der Waals surface area contributed by atoms with E-state index in [0.29, 0.717) is 38.8 Å². The molecule has 0 radical (unpaired) electrons. The first-order valence-corrected chi connectivity index (χ1v) is 11.2. The summed E-state index contributed by atoms with van der Waals surface area (Å²) in [5.41, 5.74) is 0.399. The molecule has 1 atom stereocenters. The summed E-state index contributed by atoms with van der Waals surface area (Å²) in [6.45, 7) is 5.87. The van der Waals surface area contributed by atoms with E-state index in [9.17, 15) is 14.4 Å². The summed E-state index contributed by atoms with van der Waals surface area (Å²) in [5.74, 6) is 0.00779. The van der Waals surface area contributed by atoms with Crippen molar-refractivity contribution in [1.29, 1.82) is 0 Å². The van der Waals surface area contributed by atoms with Crippen LogP contribution in [0.4, 0.5) is 4.79 Å². The SMILES string of the molecule is CCN1CCC2(CC1)NC(=O)N(C1CCCN(C(=O)CCc3ccccc3)C1)C2=O. The van der Waals surface area contributed by atoms with Crippen LogP contribution in [0.3, 0.4) is 0 Å². The number of amides is 4. The quantitative estimate of drug-likeness (QED) is 0.751. The Kier molecular flexibility index (Phi) is 6.09. The van der Waals surface area contributed by atoms with Gasteiger partial charge in [0.2, 0.25) is 5.91 Å². The fraction of sp³-hybridized carbons (Fsp3) is 0.609. The van der Waals surface area contributed by atoms with Crippen LogP contribution in [-0.4, -0.2) is 76.8 Å². The molecule has 3 aliphatic heterocycles. The maximum Gasteiger partial charge on any atom is 0.325 e. The molecule has 1 aromatic rings. The van der Waals surface area contributed by atoms with Gasteiger partial charge in [-0.3, -0.25) is 14.5 Å². The molecule has 3 heterocycles. The molecule has 4 amide bonds. The van der Waals surface area contributed by atoms with Crippen molar-refractivity contribution < 1.29 is 14.4 Å². The number of hydrogen-bond acceptors (Lipinski definition) is 4. The van der Waals surface area contributed by atoms with E-state index in [0.717, 1.165) is 38.0 Å². The van der Waals surface area contributed by atoms with E-state index in [4.69, 9.17) is 0 Å². The zero-order valence-corrected chi connectivity index (χ0v) is 17.8. The first kappa shape index (κ1) is 20.8. The molecule has 162 valence electrons. The summed E-state index contributed by atoms with van der Waals surface area (Å²) in [4.78, 5) is 44.4. The number of nitrogens with zero attached hydrogens (tertiary/aromatic N) is 3. The second-order valence-corrected chi connectivity index (χ2v) is 8.74. The van der Waals surface area contributed by atoms with Crippen LogP contribution in [0.5, 0.6) is 0 Å². The number of rotatable bonds is 5. The first-order chi connectivity index (χ1) is 14.5. The maximum atomic E-state index is 13.3. The third kappa shape index (κ3) is 4.08. The van der Waals surface area contributed by atoms with Gasteiger partial charge in [-0.1, -0.05) is 37.3 Å². The number of likely N-dealkylation sites (tertiary alicyclic amines) is 2. The fourth-order valence-electron chi connectivity index (χ4n) is 5.01. The van der Waals surface area contributed by atoms with Gasteiger partial charge in [0.25, 0.3) is 5.91 Å². The summed E-state index contributed by atoms with van der Waals surface area (Å²) in [6.07, 6.45) is 4.06. The molecule has 3 fully saturated rings. The van der Waals surface area contributed by atoms with E-state index in [1.165, 1.54) is 4.90 Å². The third-order valence-corrected chi connectivity index (χ3v) is 6.93. The van der Waals surface area contributed by atoms with Crippen LogP contribution in [0.15, 0.2) is 30.3 Å². The van der Waals surface area contributed by atoms with E-state index in [2.05, 4.69) is 17.1 Å². The molecule has 1 unspecified atom stereocenters. The van der Waals surface area contributed by atoms with Crippen LogP contribution >= 0.6 is 0 Å². The molecule has 7 heteroatoms. The van der Waals surface area contributed by atoms with Gasteiger partial charge >= 0.3 is 6.03 Å². The Hall–Kier alpha value is -2.41. The first-order valence-electron chi connectivity index (χ1n) is 11.2. The lowest BCUT2D eigenvalue weighted by molar-refractivity contribution is -0.139. The molecule has 1 aromatic carbocycles. The van der Waals surface area contributed by atoms with Crippen molar-refractivity contribution in [3.05, 3.63) is 35.9 Å². The fourth-order valence-corrected chi connectivity index (χ4v) is 5.01. The van der Waals surface area contributed by atoms with Gasteiger partial charge in [0.15, 0.2) is 0 Å². The lowest BCUT2D eigenvalue weighted by Gasteiger charge is -2.39. The Morgan fingerprint density at radius 3 is 2.57 bits per heavy atom. The van der Waals surface area contributed by atoms with Gasteiger partial charge in [-0.2, -0.15) is 0 Å². The number of aryl methyl sites for hydroxylation is 1. The van der Waals surface area contributed by atoms with E-state index < -0.39 is 5.54 Å². The van der Waals surface area contributed by atoms with Crippen LogP contribution in [0.25, 0.3) is 0 Å². The largest absolute Gasteiger partial charge is 0.341 e. The molecule has 3 aliphatic rings. The number of carbonyl (C=O) groups is 3. The molecule has 0 saturated carbocycles. The topological polar surface area (TPSA) is 73.0 Å². The highest BCUT2D eigenvalue weighted by Crippen LogP contribution is 2.32. The normalized spacial score (nSPS) is 24.4. The second-order valence-electron chi connectivity index (χ2n) is 8.74. The van der Waals surface area contributed by atoms with Gasteiger partial charge in [0.05, 0.1) is 6.04 Å². The predicted octanol–water partition coefficient (Wildman–Crippen LogP) is 2.02. The van der Waals surface area contributed by atoms with Crippen molar-refractivity contribution in [3.63, 3.8) is 0 Å². The average molecular weight is 413 g/mol. The molecule has 0 aliphatic carbocycles. The Morgan fingerprint density at radius 1 is 1.13 bits per heavy atom. The minimum Gasteiger partial charge on any atom is -0.341 e. The lowest BCUT2D eigenvalue weighted by Crippen LogP contribution is -2.56. The number of hydrogen-bond donors (Lipinski definition) is 1. The number of benzene rings is 1. The summed E-state index contributed by atoms with van der Waals surface area (Å²) >= 11 is 0. The molecular formula is C23H32N4O3. The van der Waals surface area contributed by atoms with Crippen molar-refractivity contribution in [1.82, 2.24) is 20.0 Å². The minimum atomic E-state index is -0.748. The number of piperidine rings is 2. The van der Waals surface area contributed by atoms with Crippen LogP contribution in [0.1, 0.15) is 44.6 Å². The number of imide groups is 1. The highest BCUT2D eigenvalue weighted by Gasteiger charge is 2.54. The summed E-state index contributed by atoms with van der Waals surface area (Å²) in [7, 11) is 0. The van der Waals surface area contributed by atoms with Gasteiger partial charge in [-0.25, -0.2) is 4.79 Å². The van der Waals surface area contributed by atoms with Gasteiger partial charge < -0.3 is 15.1 Å². The number of nitrogens with one attached hydrogen (secondary N) is 1. The molecule has 4 rings (SSSR count). The third-order valence-electron chi connectivity index (χ3n) is 6.93. The Morgan fingerprint density at radius 2 is 1.87 bits per heavy atom. The Labute approximate surface area is 178 Å². The van der Waals surface area contributed by atoms with Crippen molar-refractivity contribution in [2.45, 2.75) is 57.0 Å². The zero-order chi connectivity index (χ0) is 21.1. The molecule has 0 aromatic heterocycles. The standard InChI is InChI=1S/C23H32N4O3/c1-2-25-15-12-23(13-16-25)21(29)27(22(30)24-23)19-9-6-14-26(17-19)20(28)11-10-18-7-4-3-5-8-18/h3-5,7-8,19H,2,6,9-17H2,1H3,(H,24,30). The van der Waals surface area contributed by atoms with Crippen molar-refractivity contribution in [2.24, 2.45) is 0 Å². The Balaban J connectivity index is 1.37. The van der Waals surface area contributed by atoms with E-state index in [-0.39, 0.29) is 23.9 Å². The molecule has 0 bridgehead atoms. The average Bonchev–Trinajstić information content (AvgIpc) is 3.02. The van der Waals surface area contributed by atoms with Crippen molar-refractivity contribution in [3.8, 4) is 0 Å². The van der Waals surface area contributed by atoms with Crippen LogP contribution < -0.4 is 5.32 Å². The molecule has 30 heavy (non-hydrogen) atoms. The summed E-state index contributed by atoms with van der Waals surface area (Å²) in [6, 6.07) is 9.48. The monoisotopic (exact) mass is 412 g/mol. The minimum absolute atomic E-state index is 0.0909. The van der Waals surface area contributed by atoms with E-state index >= 15 is 0 Å². The highest BCUT2D eigenvalue weighted by atomic mass is 16.2. The predicted molar refractivity (Wildman–Crippen MR) is 114 cm³/mol. The highest BCUT2D eigenvalue weighted by molar-refractivity contribution is 6.07. The van der Waals surface area contributed by atoms with Crippen LogP contribution in [-0.2, 0) is 16.0 Å². The Bertz CT molecular complexity index is 789.